The minimum absolute atomic E-state index is 0.0432. The van der Waals surface area contributed by atoms with Gasteiger partial charge in [0.05, 0.1) is 0 Å². The molecule has 0 unspecified atom stereocenters. The second kappa shape index (κ2) is 7.85. The third kappa shape index (κ3) is 4.08. The lowest BCUT2D eigenvalue weighted by molar-refractivity contribution is 0.412. The predicted molar refractivity (Wildman–Crippen MR) is 113 cm³/mol. The molecule has 3 aromatic rings. The molecule has 0 amide bonds. The summed E-state index contributed by atoms with van der Waals surface area (Å²) in [4.78, 5) is 4.96. The Balaban J connectivity index is 1.76. The maximum Gasteiger partial charge on any atom is 0.126 e. The van der Waals surface area contributed by atoms with Crippen LogP contribution in [0.25, 0.3) is 0 Å². The van der Waals surface area contributed by atoms with Gasteiger partial charge in [-0.3, -0.25) is 10.3 Å². The van der Waals surface area contributed by atoms with Crippen molar-refractivity contribution < 1.29 is 5.11 Å². The highest BCUT2D eigenvalue weighted by atomic mass is 79.9. The molecule has 3 nitrogen and oxygen atoms in total. The summed E-state index contributed by atoms with van der Waals surface area (Å²) >= 11 is 9.58. The molecule has 2 atom stereocenters. The molecule has 0 saturated carbocycles. The van der Waals surface area contributed by atoms with Crippen LogP contribution in [0.4, 0.5) is 0 Å². The first-order valence-corrected chi connectivity index (χ1v) is 9.89. The zero-order valence-electron chi connectivity index (χ0n) is 14.4. The van der Waals surface area contributed by atoms with Crippen molar-refractivity contribution in [3.05, 3.63) is 99.0 Å². The zero-order chi connectivity index (χ0) is 18.8. The molecule has 0 fully saturated rings. The number of para-hydroxylation sites is 1. The van der Waals surface area contributed by atoms with E-state index in [1.165, 1.54) is 0 Å². The summed E-state index contributed by atoms with van der Waals surface area (Å²) in [5.74, 6) is 0.292. The number of aliphatic imine (C=N–C) groups is 1. The number of aromatic hydroxyl groups is 1. The molecule has 1 heterocycles. The Bertz CT molecular complexity index is 988. The average molecular weight is 442 g/mol. The van der Waals surface area contributed by atoms with E-state index in [4.69, 9.17) is 16.6 Å². The summed E-state index contributed by atoms with van der Waals surface area (Å²) in [6.45, 7) is 0. The summed E-state index contributed by atoms with van der Waals surface area (Å²) in [6.07, 6.45) is 0.482. The van der Waals surface area contributed by atoms with E-state index in [1.54, 1.807) is 6.07 Å². The van der Waals surface area contributed by atoms with E-state index in [0.717, 1.165) is 26.9 Å². The van der Waals surface area contributed by atoms with E-state index in [9.17, 15) is 5.11 Å². The van der Waals surface area contributed by atoms with Crippen LogP contribution in [0.15, 0.2) is 82.3 Å². The van der Waals surface area contributed by atoms with Crippen LogP contribution in [0.1, 0.15) is 35.3 Å². The van der Waals surface area contributed by atoms with Gasteiger partial charge in [-0.15, -0.1) is 0 Å². The zero-order valence-corrected chi connectivity index (χ0v) is 16.8. The van der Waals surface area contributed by atoms with Crippen molar-refractivity contribution in [3.63, 3.8) is 0 Å². The molecule has 5 heteroatoms. The first-order valence-electron chi connectivity index (χ1n) is 8.72. The van der Waals surface area contributed by atoms with Gasteiger partial charge in [-0.1, -0.05) is 70.0 Å². The second-order valence-electron chi connectivity index (χ2n) is 6.52. The summed E-state index contributed by atoms with van der Waals surface area (Å²) in [5, 5.41) is 14.6. The quantitative estimate of drug-likeness (QED) is 0.521. The van der Waals surface area contributed by atoms with E-state index in [1.807, 2.05) is 54.6 Å². The number of benzene rings is 3. The normalized spacial score (nSPS) is 19.6. The molecule has 1 aliphatic rings. The number of nitrogens with zero attached hydrogens (tertiary/aromatic N) is 1. The molecule has 2 N–H and O–H groups in total. The van der Waals surface area contributed by atoms with E-state index in [0.29, 0.717) is 17.2 Å². The van der Waals surface area contributed by atoms with Crippen LogP contribution in [0.2, 0.25) is 5.02 Å². The Kier molecular flexibility index (Phi) is 5.30. The van der Waals surface area contributed by atoms with Crippen molar-refractivity contribution in [1.29, 1.82) is 0 Å². The Hall–Kier alpha value is -2.14. The van der Waals surface area contributed by atoms with Gasteiger partial charge >= 0.3 is 0 Å². The minimum atomic E-state index is -0.202. The van der Waals surface area contributed by atoms with Crippen LogP contribution >= 0.6 is 27.5 Å². The molecule has 0 aliphatic carbocycles. The fourth-order valence-corrected chi connectivity index (χ4v) is 3.90. The maximum absolute atomic E-state index is 10.4. The van der Waals surface area contributed by atoms with Gasteiger partial charge in [-0.05, 0) is 41.5 Å². The molecule has 1 aliphatic heterocycles. The number of hydrogen-bond donors (Lipinski definition) is 2. The molecule has 0 bridgehead atoms. The number of phenolic OH excluding ortho intramolecular Hbond substituents is 1. The number of rotatable bonds is 3. The molecule has 0 saturated heterocycles. The predicted octanol–water partition coefficient (Wildman–Crippen LogP) is 6.03. The first kappa shape index (κ1) is 18.2. The Morgan fingerprint density at radius 2 is 1.78 bits per heavy atom. The van der Waals surface area contributed by atoms with Crippen LogP contribution in [0.5, 0.6) is 5.75 Å². The van der Waals surface area contributed by atoms with Crippen LogP contribution in [-0.2, 0) is 0 Å². The standard InChI is InChI=1S/C22H18BrClN2O/c23-16-5-3-4-15(12-16)22-25-19(14-8-10-17(24)11-9-14)13-20(26-22)18-6-1-2-7-21(18)27/h1-12,20,22,26-27H,13H2/t20-,22+/m0/s1. The molecule has 136 valence electrons. The van der Waals surface area contributed by atoms with E-state index < -0.39 is 0 Å². The summed E-state index contributed by atoms with van der Waals surface area (Å²) in [6, 6.07) is 23.3. The molecular formula is C22H18BrClN2O. The number of halogens is 2. The van der Waals surface area contributed by atoms with Gasteiger partial charge < -0.3 is 5.11 Å². The van der Waals surface area contributed by atoms with Crippen molar-refractivity contribution in [2.24, 2.45) is 4.99 Å². The molecule has 0 aromatic heterocycles. The van der Waals surface area contributed by atoms with Crippen molar-refractivity contribution in [2.75, 3.05) is 0 Å². The largest absolute Gasteiger partial charge is 0.508 e. The minimum Gasteiger partial charge on any atom is -0.508 e. The van der Waals surface area contributed by atoms with Crippen molar-refractivity contribution in [2.45, 2.75) is 18.6 Å². The fraction of sp³-hybridized carbons (Fsp3) is 0.136. The fourth-order valence-electron chi connectivity index (χ4n) is 3.35. The molecular weight excluding hydrogens is 424 g/mol. The SMILES string of the molecule is Oc1ccccc1[C@@H]1CC(c2ccc(Cl)cc2)=N[C@@H](c2cccc(Br)c2)N1. The van der Waals surface area contributed by atoms with Gasteiger partial charge in [-0.2, -0.15) is 0 Å². The topological polar surface area (TPSA) is 44.6 Å². The van der Waals surface area contributed by atoms with Crippen molar-refractivity contribution >= 4 is 33.2 Å². The van der Waals surface area contributed by atoms with E-state index >= 15 is 0 Å². The Morgan fingerprint density at radius 1 is 1.00 bits per heavy atom. The van der Waals surface area contributed by atoms with Crippen molar-refractivity contribution in [3.8, 4) is 5.75 Å². The van der Waals surface area contributed by atoms with Crippen LogP contribution in [-0.4, -0.2) is 10.8 Å². The van der Waals surface area contributed by atoms with Gasteiger partial charge in [0.1, 0.15) is 11.9 Å². The van der Waals surface area contributed by atoms with E-state index in [-0.39, 0.29) is 12.2 Å². The van der Waals surface area contributed by atoms with E-state index in [2.05, 4.69) is 33.4 Å². The number of nitrogens with one attached hydrogen (secondary N) is 1. The lowest BCUT2D eigenvalue weighted by Gasteiger charge is -2.31. The molecule has 4 rings (SSSR count). The highest BCUT2D eigenvalue weighted by Gasteiger charge is 2.27. The highest BCUT2D eigenvalue weighted by Crippen LogP contribution is 2.34. The average Bonchev–Trinajstić information content (AvgIpc) is 2.68. The second-order valence-corrected chi connectivity index (χ2v) is 7.87. The Labute approximate surface area is 171 Å². The summed E-state index contributed by atoms with van der Waals surface area (Å²) < 4.78 is 1.01. The lowest BCUT2D eigenvalue weighted by Crippen LogP contribution is -2.33. The van der Waals surface area contributed by atoms with Crippen LogP contribution in [0, 0.1) is 0 Å². The maximum atomic E-state index is 10.4. The molecule has 3 aromatic carbocycles. The van der Waals surface area contributed by atoms with Crippen molar-refractivity contribution in [1.82, 2.24) is 5.32 Å². The number of phenols is 1. The van der Waals surface area contributed by atoms with Crippen LogP contribution < -0.4 is 5.32 Å². The van der Waals surface area contributed by atoms with Gasteiger partial charge in [-0.25, -0.2) is 0 Å². The highest BCUT2D eigenvalue weighted by molar-refractivity contribution is 9.10. The summed E-state index contributed by atoms with van der Waals surface area (Å²) in [5.41, 5.74) is 3.97. The molecule has 0 radical (unpaired) electrons. The van der Waals surface area contributed by atoms with Gasteiger partial charge in [0, 0.05) is 33.2 Å². The molecule has 0 spiro atoms. The third-order valence-electron chi connectivity index (χ3n) is 4.70. The van der Waals surface area contributed by atoms with Gasteiger partial charge in [0.2, 0.25) is 0 Å². The third-order valence-corrected chi connectivity index (χ3v) is 5.44. The molecule has 27 heavy (non-hydrogen) atoms. The number of hydrogen-bond acceptors (Lipinski definition) is 3. The summed E-state index contributed by atoms with van der Waals surface area (Å²) in [7, 11) is 0. The Morgan fingerprint density at radius 3 is 2.52 bits per heavy atom. The smallest absolute Gasteiger partial charge is 0.126 e. The monoisotopic (exact) mass is 440 g/mol. The lowest BCUT2D eigenvalue weighted by atomic mass is 9.93. The van der Waals surface area contributed by atoms with Gasteiger partial charge in [0.25, 0.3) is 0 Å². The van der Waals surface area contributed by atoms with Gasteiger partial charge in [0.15, 0.2) is 0 Å². The first-order chi connectivity index (χ1) is 13.1. The van der Waals surface area contributed by atoms with Crippen LogP contribution in [0.3, 0.4) is 0 Å².